The summed E-state index contributed by atoms with van der Waals surface area (Å²) in [5, 5.41) is 8.23. The lowest BCUT2D eigenvalue weighted by Gasteiger charge is -2.06. The van der Waals surface area contributed by atoms with Gasteiger partial charge in [0.15, 0.2) is 0 Å². The van der Waals surface area contributed by atoms with Gasteiger partial charge in [0.2, 0.25) is 0 Å². The number of nitrogens with zero attached hydrogens (tertiary/aromatic N) is 3. The topological polar surface area (TPSA) is 73.8 Å². The lowest BCUT2D eigenvalue weighted by Crippen LogP contribution is -2.25. The lowest BCUT2D eigenvalue weighted by molar-refractivity contribution is 0.557. The highest BCUT2D eigenvalue weighted by Gasteiger charge is 2.08. The van der Waals surface area contributed by atoms with Crippen molar-refractivity contribution < 1.29 is 4.39 Å². The van der Waals surface area contributed by atoms with Crippen LogP contribution in [0.3, 0.4) is 0 Å². The Morgan fingerprint density at radius 1 is 1.20 bits per heavy atom. The normalized spacial score (nSPS) is 10.8. The molecule has 5 nitrogen and oxygen atoms in total. The predicted molar refractivity (Wildman–Crippen MR) is 73.7 cm³/mol. The van der Waals surface area contributed by atoms with E-state index in [-0.39, 0.29) is 12.1 Å². The van der Waals surface area contributed by atoms with E-state index in [1.165, 1.54) is 12.1 Å². The van der Waals surface area contributed by atoms with E-state index in [0.717, 1.165) is 4.68 Å². The molecule has 6 heteroatoms. The summed E-state index contributed by atoms with van der Waals surface area (Å²) in [5.74, 6) is -0.466. The van der Waals surface area contributed by atoms with Gasteiger partial charge in [-0.1, -0.05) is 23.4 Å². The molecule has 100 valence electrons. The summed E-state index contributed by atoms with van der Waals surface area (Å²) in [6.45, 7) is 0.0166. The Labute approximate surface area is 113 Å². The van der Waals surface area contributed by atoms with E-state index in [4.69, 9.17) is 5.73 Å². The monoisotopic (exact) mass is 270 g/mol. The molecule has 0 spiro atoms. The lowest BCUT2D eigenvalue weighted by atomic mass is 10.2. The molecule has 1 aromatic heterocycles. The third kappa shape index (κ3) is 2.11. The molecule has 0 aliphatic carbocycles. The van der Waals surface area contributed by atoms with Gasteiger partial charge in [0.1, 0.15) is 11.3 Å². The van der Waals surface area contributed by atoms with E-state index in [9.17, 15) is 9.18 Å². The van der Waals surface area contributed by atoms with Gasteiger partial charge >= 0.3 is 0 Å². The van der Waals surface area contributed by atoms with Gasteiger partial charge in [-0.05, 0) is 24.3 Å². The van der Waals surface area contributed by atoms with E-state index >= 15 is 0 Å². The zero-order valence-corrected chi connectivity index (χ0v) is 10.5. The van der Waals surface area contributed by atoms with Gasteiger partial charge in [-0.2, -0.15) is 0 Å². The highest BCUT2D eigenvalue weighted by atomic mass is 19.1. The van der Waals surface area contributed by atoms with Gasteiger partial charge in [0, 0.05) is 11.3 Å². The number of fused-ring (bicyclic) bond motifs is 1. The van der Waals surface area contributed by atoms with Crippen LogP contribution in [0, 0.1) is 5.82 Å². The smallest absolute Gasteiger partial charge is 0.277 e. The number of aromatic nitrogens is 3. The Balaban J connectivity index is 2.07. The Bertz CT molecular complexity index is 844. The average molecular weight is 270 g/mol. The van der Waals surface area contributed by atoms with Gasteiger partial charge in [0.25, 0.3) is 5.56 Å². The molecule has 1 heterocycles. The second-order valence-electron chi connectivity index (χ2n) is 4.42. The van der Waals surface area contributed by atoms with Crippen LogP contribution in [0.25, 0.3) is 10.9 Å². The first-order chi connectivity index (χ1) is 9.65. The summed E-state index contributed by atoms with van der Waals surface area (Å²) < 4.78 is 14.9. The molecule has 0 unspecified atom stereocenters. The van der Waals surface area contributed by atoms with Crippen molar-refractivity contribution in [2.75, 3.05) is 5.73 Å². The van der Waals surface area contributed by atoms with Gasteiger partial charge in [0.05, 0.1) is 11.9 Å². The van der Waals surface area contributed by atoms with E-state index in [2.05, 4.69) is 10.3 Å². The molecule has 0 bridgehead atoms. The number of rotatable bonds is 2. The zero-order chi connectivity index (χ0) is 14.1. The first-order valence-electron chi connectivity index (χ1n) is 6.01. The quantitative estimate of drug-likeness (QED) is 0.717. The molecule has 2 N–H and O–H groups in total. The maximum absolute atomic E-state index is 13.7. The van der Waals surface area contributed by atoms with Crippen LogP contribution < -0.4 is 11.3 Å². The number of halogens is 1. The van der Waals surface area contributed by atoms with Gasteiger partial charge in [-0.3, -0.25) is 4.79 Å². The molecular weight excluding hydrogens is 259 g/mol. The van der Waals surface area contributed by atoms with Gasteiger partial charge < -0.3 is 5.73 Å². The second-order valence-corrected chi connectivity index (χ2v) is 4.42. The van der Waals surface area contributed by atoms with Crippen LogP contribution in [0.1, 0.15) is 5.56 Å². The standard InChI is InChI=1S/C14H11FN4O/c15-12-7-10(16)6-5-9(12)8-19-14(20)11-3-1-2-4-13(11)17-18-19/h1-7H,8,16H2. The molecule has 0 saturated carbocycles. The maximum Gasteiger partial charge on any atom is 0.277 e. The highest BCUT2D eigenvalue weighted by Crippen LogP contribution is 2.12. The summed E-state index contributed by atoms with van der Waals surface area (Å²) in [5.41, 5.74) is 6.38. The van der Waals surface area contributed by atoms with Crippen LogP contribution in [0.5, 0.6) is 0 Å². The number of anilines is 1. The summed E-state index contributed by atoms with van der Waals surface area (Å²) in [6, 6.07) is 11.2. The van der Waals surface area contributed by atoms with E-state index < -0.39 is 5.82 Å². The van der Waals surface area contributed by atoms with Gasteiger partial charge in [-0.25, -0.2) is 9.07 Å². The summed E-state index contributed by atoms with van der Waals surface area (Å²) in [7, 11) is 0. The van der Waals surface area contributed by atoms with Crippen LogP contribution in [0.4, 0.5) is 10.1 Å². The molecule has 3 aromatic rings. The van der Waals surface area contributed by atoms with Crippen LogP contribution in [-0.4, -0.2) is 15.0 Å². The van der Waals surface area contributed by atoms with Gasteiger partial charge in [-0.15, -0.1) is 5.10 Å². The van der Waals surface area contributed by atoms with Crippen LogP contribution in [0.2, 0.25) is 0 Å². The molecule has 0 saturated heterocycles. The molecule has 0 fully saturated rings. The summed E-state index contributed by atoms with van der Waals surface area (Å²) >= 11 is 0. The Morgan fingerprint density at radius 3 is 2.80 bits per heavy atom. The van der Waals surface area contributed by atoms with Crippen molar-refractivity contribution in [2.24, 2.45) is 0 Å². The van der Waals surface area contributed by atoms with Crippen molar-refractivity contribution in [3.8, 4) is 0 Å². The minimum Gasteiger partial charge on any atom is -0.399 e. The Morgan fingerprint density at radius 2 is 2.00 bits per heavy atom. The first kappa shape index (κ1) is 12.3. The third-order valence-electron chi connectivity index (χ3n) is 3.03. The number of nitrogen functional groups attached to an aromatic ring is 1. The second kappa shape index (κ2) is 4.73. The number of nitrogens with two attached hydrogens (primary N) is 1. The molecule has 2 aromatic carbocycles. The van der Waals surface area contributed by atoms with Crippen LogP contribution >= 0.6 is 0 Å². The molecule has 0 aliphatic heterocycles. The summed E-state index contributed by atoms with van der Waals surface area (Å²) in [6.07, 6.45) is 0. The molecular formula is C14H11FN4O. The molecule has 0 amide bonds. The number of benzene rings is 2. The van der Waals surface area contributed by atoms with Crippen molar-refractivity contribution in [3.63, 3.8) is 0 Å². The fraction of sp³-hybridized carbons (Fsp3) is 0.0714. The minimum absolute atomic E-state index is 0.0166. The Kier molecular flexibility index (Phi) is 2.90. The average Bonchev–Trinajstić information content (AvgIpc) is 2.45. The molecule has 20 heavy (non-hydrogen) atoms. The van der Waals surface area contributed by atoms with Crippen molar-refractivity contribution in [2.45, 2.75) is 6.54 Å². The fourth-order valence-electron chi connectivity index (χ4n) is 1.98. The van der Waals surface area contributed by atoms with E-state index in [1.54, 1.807) is 30.3 Å². The first-order valence-corrected chi connectivity index (χ1v) is 6.01. The number of hydrogen-bond acceptors (Lipinski definition) is 4. The maximum atomic E-state index is 13.7. The minimum atomic E-state index is -0.466. The zero-order valence-electron chi connectivity index (χ0n) is 10.5. The van der Waals surface area contributed by atoms with Crippen molar-refractivity contribution in [1.82, 2.24) is 15.0 Å². The molecule has 0 atom stereocenters. The highest BCUT2D eigenvalue weighted by molar-refractivity contribution is 5.76. The fourth-order valence-corrected chi connectivity index (χ4v) is 1.98. The van der Waals surface area contributed by atoms with Crippen LogP contribution in [-0.2, 0) is 6.54 Å². The van der Waals surface area contributed by atoms with Crippen molar-refractivity contribution in [3.05, 3.63) is 64.2 Å². The largest absolute Gasteiger partial charge is 0.399 e. The molecule has 0 radical (unpaired) electrons. The van der Waals surface area contributed by atoms with E-state index in [0.29, 0.717) is 22.2 Å². The molecule has 3 rings (SSSR count). The predicted octanol–water partition coefficient (Wildman–Crippen LogP) is 1.56. The van der Waals surface area contributed by atoms with E-state index in [1.807, 2.05) is 0 Å². The van der Waals surface area contributed by atoms with Crippen LogP contribution in [0.15, 0.2) is 47.3 Å². The SMILES string of the molecule is Nc1ccc(Cn2nnc3ccccc3c2=O)c(F)c1. The number of hydrogen-bond donors (Lipinski definition) is 1. The Hall–Kier alpha value is -2.76. The molecule has 0 aliphatic rings. The van der Waals surface area contributed by atoms with Crippen molar-refractivity contribution in [1.29, 1.82) is 0 Å². The third-order valence-corrected chi connectivity index (χ3v) is 3.03. The van der Waals surface area contributed by atoms with Crippen molar-refractivity contribution >= 4 is 16.6 Å². The summed E-state index contributed by atoms with van der Waals surface area (Å²) in [4.78, 5) is 12.2.